The Hall–Kier alpha value is -0.630. The van der Waals surface area contributed by atoms with Crippen LogP contribution in [0.3, 0.4) is 0 Å². The van der Waals surface area contributed by atoms with Gasteiger partial charge in [0.05, 0.1) is 6.07 Å². The molecule has 2 saturated carbocycles. The van der Waals surface area contributed by atoms with E-state index in [0.29, 0.717) is 6.04 Å². The van der Waals surface area contributed by atoms with Gasteiger partial charge in [0.1, 0.15) is 5.54 Å². The number of rotatable bonds is 4. The Morgan fingerprint density at radius 2 is 1.95 bits per heavy atom. The summed E-state index contributed by atoms with van der Waals surface area (Å²) in [5.41, 5.74) is -0.270. The fourth-order valence-corrected chi connectivity index (χ4v) is 3.92. The molecule has 2 unspecified atom stereocenters. The quantitative estimate of drug-likeness (QED) is 0.844. The summed E-state index contributed by atoms with van der Waals surface area (Å²) in [6.45, 7) is 6.18. The maximum atomic E-state index is 9.47. The highest BCUT2D eigenvalue weighted by molar-refractivity contribution is 5.10. The van der Waals surface area contributed by atoms with Crippen molar-refractivity contribution >= 4 is 0 Å². The molecule has 3 aliphatic rings. The molecule has 3 fully saturated rings. The van der Waals surface area contributed by atoms with Crippen molar-refractivity contribution in [1.29, 1.82) is 5.26 Å². The summed E-state index contributed by atoms with van der Waals surface area (Å²) >= 11 is 0. The number of nitriles is 1. The molecule has 2 atom stereocenters. The largest absolute Gasteiger partial charge is 0.302 e. The highest BCUT2D eigenvalue weighted by Crippen LogP contribution is 2.32. The molecule has 4 heteroatoms. The fourth-order valence-electron chi connectivity index (χ4n) is 3.92. The predicted molar refractivity (Wildman–Crippen MR) is 80.4 cm³/mol. The molecule has 0 bridgehead atoms. The van der Waals surface area contributed by atoms with E-state index in [1.165, 1.54) is 58.4 Å². The van der Waals surface area contributed by atoms with Crippen molar-refractivity contribution in [3.8, 4) is 6.07 Å². The lowest BCUT2D eigenvalue weighted by Gasteiger charge is -2.44. The minimum atomic E-state index is -0.270. The Bertz CT molecular complexity index is 365. The van der Waals surface area contributed by atoms with Crippen molar-refractivity contribution < 1.29 is 0 Å². The van der Waals surface area contributed by atoms with E-state index in [4.69, 9.17) is 0 Å². The molecule has 4 nitrogen and oxygen atoms in total. The zero-order valence-electron chi connectivity index (χ0n) is 12.8. The molecule has 20 heavy (non-hydrogen) atoms. The molecule has 0 amide bonds. The minimum absolute atomic E-state index is 0.270. The zero-order valence-corrected chi connectivity index (χ0v) is 12.8. The number of piperazine rings is 1. The van der Waals surface area contributed by atoms with Gasteiger partial charge in [0.25, 0.3) is 0 Å². The molecule has 0 aromatic heterocycles. The third-order valence-electron chi connectivity index (χ3n) is 5.55. The highest BCUT2D eigenvalue weighted by Gasteiger charge is 2.38. The van der Waals surface area contributed by atoms with Crippen molar-refractivity contribution in [3.63, 3.8) is 0 Å². The van der Waals surface area contributed by atoms with Gasteiger partial charge in [0, 0.05) is 38.8 Å². The molecule has 0 radical (unpaired) electrons. The van der Waals surface area contributed by atoms with E-state index in [-0.39, 0.29) is 5.54 Å². The third kappa shape index (κ3) is 3.16. The first-order valence-corrected chi connectivity index (χ1v) is 8.31. The Morgan fingerprint density at radius 1 is 1.20 bits per heavy atom. The van der Waals surface area contributed by atoms with Crippen LogP contribution in [0, 0.1) is 17.2 Å². The molecule has 0 spiro atoms. The van der Waals surface area contributed by atoms with E-state index in [2.05, 4.69) is 21.2 Å². The van der Waals surface area contributed by atoms with E-state index >= 15 is 0 Å². The number of nitrogens with one attached hydrogen (secondary N) is 1. The molecule has 2 aliphatic carbocycles. The molecular weight excluding hydrogens is 248 g/mol. The molecule has 1 saturated heterocycles. The summed E-state index contributed by atoms with van der Waals surface area (Å²) in [6, 6.07) is 3.14. The summed E-state index contributed by atoms with van der Waals surface area (Å²) in [5.74, 6) is 1.01. The predicted octanol–water partition coefficient (Wildman–Crippen LogP) is 1.44. The van der Waals surface area contributed by atoms with E-state index in [1.807, 2.05) is 7.05 Å². The van der Waals surface area contributed by atoms with Crippen LogP contribution in [-0.2, 0) is 0 Å². The molecule has 1 aliphatic heterocycles. The number of hydrogen-bond donors (Lipinski definition) is 1. The van der Waals surface area contributed by atoms with Crippen molar-refractivity contribution in [3.05, 3.63) is 0 Å². The standard InChI is InChI=1S/C16H28N4/c1-18-16(13-17)6-2-3-15(11-16)20-9-7-19(8-10-20)12-14-4-5-14/h14-15,18H,2-12H2,1H3. The van der Waals surface area contributed by atoms with Gasteiger partial charge in [-0.15, -0.1) is 0 Å². The lowest BCUT2D eigenvalue weighted by Crippen LogP contribution is -2.56. The van der Waals surface area contributed by atoms with Crippen LogP contribution in [-0.4, -0.2) is 61.2 Å². The van der Waals surface area contributed by atoms with Gasteiger partial charge in [0.2, 0.25) is 0 Å². The van der Waals surface area contributed by atoms with Gasteiger partial charge in [-0.05, 0) is 51.5 Å². The maximum Gasteiger partial charge on any atom is 0.108 e. The van der Waals surface area contributed by atoms with Gasteiger partial charge in [-0.25, -0.2) is 0 Å². The molecule has 0 aromatic rings. The summed E-state index contributed by atoms with van der Waals surface area (Å²) < 4.78 is 0. The maximum absolute atomic E-state index is 9.47. The molecule has 3 rings (SSSR count). The summed E-state index contributed by atoms with van der Waals surface area (Å²) in [4.78, 5) is 5.29. The normalized spacial score (nSPS) is 36.7. The second-order valence-electron chi connectivity index (χ2n) is 6.97. The Morgan fingerprint density at radius 3 is 2.55 bits per heavy atom. The SMILES string of the molecule is CNC1(C#N)CCCC(N2CCN(CC3CC3)CC2)C1. The van der Waals surface area contributed by atoms with Gasteiger partial charge >= 0.3 is 0 Å². The zero-order chi connectivity index (χ0) is 14.0. The molecule has 112 valence electrons. The van der Waals surface area contributed by atoms with Crippen molar-refractivity contribution in [2.24, 2.45) is 5.92 Å². The van der Waals surface area contributed by atoms with Gasteiger partial charge in [-0.3, -0.25) is 4.90 Å². The van der Waals surface area contributed by atoms with Crippen molar-refractivity contribution in [2.75, 3.05) is 39.8 Å². The average molecular weight is 276 g/mol. The molecular formula is C16H28N4. The first-order chi connectivity index (χ1) is 9.74. The molecule has 1 N–H and O–H groups in total. The van der Waals surface area contributed by atoms with E-state index in [9.17, 15) is 5.26 Å². The van der Waals surface area contributed by atoms with Crippen LogP contribution in [0.1, 0.15) is 38.5 Å². The Kier molecular flexibility index (Phi) is 4.30. The second-order valence-corrected chi connectivity index (χ2v) is 6.97. The van der Waals surface area contributed by atoms with E-state index in [1.54, 1.807) is 0 Å². The van der Waals surface area contributed by atoms with E-state index < -0.39 is 0 Å². The lowest BCUT2D eigenvalue weighted by molar-refractivity contribution is 0.0622. The molecule has 1 heterocycles. The van der Waals surface area contributed by atoms with Crippen molar-refractivity contribution in [1.82, 2.24) is 15.1 Å². The van der Waals surface area contributed by atoms with Gasteiger partial charge < -0.3 is 10.2 Å². The van der Waals surface area contributed by atoms with Gasteiger partial charge in [-0.2, -0.15) is 5.26 Å². The Labute approximate surface area is 123 Å². The second kappa shape index (κ2) is 6.01. The smallest absolute Gasteiger partial charge is 0.108 e. The first kappa shape index (κ1) is 14.3. The summed E-state index contributed by atoms with van der Waals surface area (Å²) in [7, 11) is 1.94. The van der Waals surface area contributed by atoms with Crippen LogP contribution in [0.15, 0.2) is 0 Å². The average Bonchev–Trinajstić information content (AvgIpc) is 3.32. The van der Waals surface area contributed by atoms with Crippen molar-refractivity contribution in [2.45, 2.75) is 50.1 Å². The first-order valence-electron chi connectivity index (χ1n) is 8.31. The van der Waals surface area contributed by atoms with Crippen LogP contribution in [0.2, 0.25) is 0 Å². The summed E-state index contributed by atoms with van der Waals surface area (Å²) in [6.07, 6.45) is 7.38. The Balaban J connectivity index is 1.51. The number of nitrogens with zero attached hydrogens (tertiary/aromatic N) is 3. The third-order valence-corrected chi connectivity index (χ3v) is 5.55. The highest BCUT2D eigenvalue weighted by atomic mass is 15.3. The number of hydrogen-bond acceptors (Lipinski definition) is 4. The van der Waals surface area contributed by atoms with E-state index in [0.717, 1.165) is 18.8 Å². The van der Waals surface area contributed by atoms with Crippen LogP contribution in [0.5, 0.6) is 0 Å². The van der Waals surface area contributed by atoms with Crippen LogP contribution >= 0.6 is 0 Å². The minimum Gasteiger partial charge on any atom is -0.302 e. The summed E-state index contributed by atoms with van der Waals surface area (Å²) in [5, 5.41) is 12.7. The monoisotopic (exact) mass is 276 g/mol. The van der Waals surface area contributed by atoms with Crippen LogP contribution < -0.4 is 5.32 Å². The fraction of sp³-hybridized carbons (Fsp3) is 0.938. The lowest BCUT2D eigenvalue weighted by atomic mass is 9.79. The topological polar surface area (TPSA) is 42.3 Å². The molecule has 0 aromatic carbocycles. The van der Waals surface area contributed by atoms with Crippen LogP contribution in [0.4, 0.5) is 0 Å². The van der Waals surface area contributed by atoms with Crippen LogP contribution in [0.25, 0.3) is 0 Å². The van der Waals surface area contributed by atoms with Gasteiger partial charge in [0.15, 0.2) is 0 Å². The van der Waals surface area contributed by atoms with Gasteiger partial charge in [-0.1, -0.05) is 0 Å².